The van der Waals surface area contributed by atoms with E-state index in [1.807, 2.05) is 11.3 Å². The van der Waals surface area contributed by atoms with Crippen LogP contribution in [0.4, 0.5) is 0 Å². The molecule has 0 amide bonds. The summed E-state index contributed by atoms with van der Waals surface area (Å²) in [7, 11) is 0. The third-order valence-corrected chi connectivity index (χ3v) is 5.13. The SMILES string of the molecule is CCc1ccc(C(NC2CC2)c2nc(C)c(C)s2)cc1. The first-order chi connectivity index (χ1) is 9.67. The van der Waals surface area contributed by atoms with Crippen LogP contribution in [0.25, 0.3) is 0 Å². The molecule has 1 aromatic heterocycles. The molecular formula is C17H22N2S. The molecule has 3 rings (SSSR count). The standard InChI is InChI=1S/C17H22N2S/c1-4-13-5-7-14(8-6-13)16(19-15-9-10-15)17-18-11(2)12(3)20-17/h5-8,15-16,19H,4,9-10H2,1-3H3. The largest absolute Gasteiger partial charge is 0.301 e. The number of aryl methyl sites for hydroxylation is 3. The maximum atomic E-state index is 4.77. The van der Waals surface area contributed by atoms with Crippen LogP contribution in [0, 0.1) is 13.8 Å². The normalized spacial score (nSPS) is 16.4. The van der Waals surface area contributed by atoms with Crippen LogP contribution in [0.3, 0.4) is 0 Å². The molecule has 1 N–H and O–H groups in total. The minimum Gasteiger partial charge on any atom is -0.301 e. The summed E-state index contributed by atoms with van der Waals surface area (Å²) >= 11 is 1.82. The lowest BCUT2D eigenvalue weighted by molar-refractivity contribution is 0.597. The molecule has 2 aromatic rings. The highest BCUT2D eigenvalue weighted by molar-refractivity contribution is 7.11. The Morgan fingerprint density at radius 1 is 1.25 bits per heavy atom. The molecule has 1 saturated carbocycles. The van der Waals surface area contributed by atoms with Gasteiger partial charge in [-0.3, -0.25) is 0 Å². The number of nitrogens with one attached hydrogen (secondary N) is 1. The summed E-state index contributed by atoms with van der Waals surface area (Å²) in [5, 5.41) is 4.95. The van der Waals surface area contributed by atoms with Gasteiger partial charge in [0.15, 0.2) is 0 Å². The Labute approximate surface area is 125 Å². The average Bonchev–Trinajstić information content (AvgIpc) is 3.22. The maximum absolute atomic E-state index is 4.77. The third-order valence-electron chi connectivity index (χ3n) is 3.99. The van der Waals surface area contributed by atoms with Crippen molar-refractivity contribution in [1.29, 1.82) is 0 Å². The minimum atomic E-state index is 0.255. The van der Waals surface area contributed by atoms with Gasteiger partial charge in [-0.2, -0.15) is 0 Å². The second-order valence-corrected chi connectivity index (χ2v) is 6.90. The van der Waals surface area contributed by atoms with Crippen molar-refractivity contribution in [3.05, 3.63) is 51.0 Å². The van der Waals surface area contributed by atoms with Crippen LogP contribution >= 0.6 is 11.3 Å². The first kappa shape index (κ1) is 13.8. The fourth-order valence-electron chi connectivity index (χ4n) is 2.36. The summed E-state index contributed by atoms with van der Waals surface area (Å²) in [5.74, 6) is 0. The highest BCUT2D eigenvalue weighted by Gasteiger charge is 2.28. The van der Waals surface area contributed by atoms with Crippen LogP contribution in [0.2, 0.25) is 0 Å². The first-order valence-electron chi connectivity index (χ1n) is 7.46. The summed E-state index contributed by atoms with van der Waals surface area (Å²) < 4.78 is 0. The van der Waals surface area contributed by atoms with E-state index in [0.717, 1.165) is 12.1 Å². The van der Waals surface area contributed by atoms with Crippen molar-refractivity contribution in [1.82, 2.24) is 10.3 Å². The molecule has 20 heavy (non-hydrogen) atoms. The highest BCUT2D eigenvalue weighted by atomic mass is 32.1. The Hall–Kier alpha value is -1.19. The Morgan fingerprint density at radius 3 is 2.45 bits per heavy atom. The van der Waals surface area contributed by atoms with Gasteiger partial charge in [-0.25, -0.2) is 4.98 Å². The zero-order valence-corrected chi connectivity index (χ0v) is 13.3. The molecule has 1 unspecified atom stereocenters. The number of nitrogens with zero attached hydrogens (tertiary/aromatic N) is 1. The molecule has 0 bridgehead atoms. The zero-order chi connectivity index (χ0) is 14.1. The lowest BCUT2D eigenvalue weighted by atomic mass is 10.0. The average molecular weight is 286 g/mol. The van der Waals surface area contributed by atoms with Gasteiger partial charge in [-0.15, -0.1) is 11.3 Å². The van der Waals surface area contributed by atoms with Crippen LogP contribution in [-0.4, -0.2) is 11.0 Å². The number of benzene rings is 1. The maximum Gasteiger partial charge on any atom is 0.115 e. The molecule has 0 spiro atoms. The second-order valence-electron chi connectivity index (χ2n) is 5.66. The van der Waals surface area contributed by atoms with Crippen molar-refractivity contribution in [3.63, 3.8) is 0 Å². The lowest BCUT2D eigenvalue weighted by Crippen LogP contribution is -2.24. The van der Waals surface area contributed by atoms with Crippen molar-refractivity contribution in [2.24, 2.45) is 0 Å². The van der Waals surface area contributed by atoms with Gasteiger partial charge in [0, 0.05) is 10.9 Å². The van der Waals surface area contributed by atoms with E-state index in [1.165, 1.54) is 33.9 Å². The highest BCUT2D eigenvalue weighted by Crippen LogP contribution is 2.32. The number of hydrogen-bond donors (Lipinski definition) is 1. The van der Waals surface area contributed by atoms with Crippen LogP contribution in [0.1, 0.15) is 52.5 Å². The van der Waals surface area contributed by atoms with Crippen molar-refractivity contribution in [2.45, 2.75) is 52.1 Å². The molecule has 1 aliphatic carbocycles. The molecule has 1 aromatic carbocycles. The van der Waals surface area contributed by atoms with Gasteiger partial charge < -0.3 is 5.32 Å². The van der Waals surface area contributed by atoms with Crippen LogP contribution in [0.5, 0.6) is 0 Å². The van der Waals surface area contributed by atoms with E-state index >= 15 is 0 Å². The van der Waals surface area contributed by atoms with E-state index in [4.69, 9.17) is 4.98 Å². The first-order valence-corrected chi connectivity index (χ1v) is 8.28. The van der Waals surface area contributed by atoms with E-state index in [1.54, 1.807) is 0 Å². The molecule has 3 heteroatoms. The molecule has 1 heterocycles. The van der Waals surface area contributed by atoms with Gasteiger partial charge in [0.2, 0.25) is 0 Å². The summed E-state index contributed by atoms with van der Waals surface area (Å²) in [6.07, 6.45) is 3.69. The fourth-order valence-corrected chi connectivity index (χ4v) is 3.37. The summed E-state index contributed by atoms with van der Waals surface area (Å²) in [6.45, 7) is 6.46. The van der Waals surface area contributed by atoms with Crippen LogP contribution < -0.4 is 5.32 Å². The van der Waals surface area contributed by atoms with Crippen molar-refractivity contribution < 1.29 is 0 Å². The predicted molar refractivity (Wildman–Crippen MR) is 85.4 cm³/mol. The summed E-state index contributed by atoms with van der Waals surface area (Å²) in [6, 6.07) is 9.92. The Balaban J connectivity index is 1.91. The fraction of sp³-hybridized carbons (Fsp3) is 0.471. The van der Waals surface area contributed by atoms with E-state index in [9.17, 15) is 0 Å². The molecule has 2 nitrogen and oxygen atoms in total. The van der Waals surface area contributed by atoms with Crippen LogP contribution in [-0.2, 0) is 6.42 Å². The minimum absolute atomic E-state index is 0.255. The topological polar surface area (TPSA) is 24.9 Å². The molecule has 1 atom stereocenters. The van der Waals surface area contributed by atoms with E-state index in [0.29, 0.717) is 6.04 Å². The van der Waals surface area contributed by atoms with E-state index < -0.39 is 0 Å². The molecule has 106 valence electrons. The van der Waals surface area contributed by atoms with Gasteiger partial charge >= 0.3 is 0 Å². The third kappa shape index (κ3) is 2.94. The molecule has 0 saturated heterocycles. The second kappa shape index (κ2) is 5.66. The quantitative estimate of drug-likeness (QED) is 0.892. The van der Waals surface area contributed by atoms with Gasteiger partial charge in [0.1, 0.15) is 5.01 Å². The Morgan fingerprint density at radius 2 is 1.95 bits per heavy atom. The van der Waals surface area contributed by atoms with Gasteiger partial charge in [-0.1, -0.05) is 31.2 Å². The van der Waals surface area contributed by atoms with E-state index in [2.05, 4.69) is 50.4 Å². The molecule has 1 aliphatic rings. The zero-order valence-electron chi connectivity index (χ0n) is 12.4. The Bertz CT molecular complexity index is 562. The number of aromatic nitrogens is 1. The smallest absolute Gasteiger partial charge is 0.115 e. The van der Waals surface area contributed by atoms with Crippen molar-refractivity contribution >= 4 is 11.3 Å². The summed E-state index contributed by atoms with van der Waals surface area (Å²) in [4.78, 5) is 6.09. The summed E-state index contributed by atoms with van der Waals surface area (Å²) in [5.41, 5.74) is 3.89. The van der Waals surface area contributed by atoms with Crippen LogP contribution in [0.15, 0.2) is 24.3 Å². The number of rotatable bonds is 5. The van der Waals surface area contributed by atoms with Crippen molar-refractivity contribution in [2.75, 3.05) is 0 Å². The van der Waals surface area contributed by atoms with Gasteiger partial charge in [0.05, 0.1) is 11.7 Å². The lowest BCUT2D eigenvalue weighted by Gasteiger charge is -2.17. The Kier molecular flexibility index (Phi) is 3.90. The van der Waals surface area contributed by atoms with E-state index in [-0.39, 0.29) is 6.04 Å². The molecular weight excluding hydrogens is 264 g/mol. The molecule has 0 radical (unpaired) electrons. The van der Waals surface area contributed by atoms with Gasteiger partial charge in [-0.05, 0) is 44.2 Å². The van der Waals surface area contributed by atoms with Gasteiger partial charge in [0.25, 0.3) is 0 Å². The number of thiazole rings is 1. The molecule has 0 aliphatic heterocycles. The monoisotopic (exact) mass is 286 g/mol. The molecule has 1 fully saturated rings. The van der Waals surface area contributed by atoms with Crippen molar-refractivity contribution in [3.8, 4) is 0 Å². The number of hydrogen-bond acceptors (Lipinski definition) is 3. The predicted octanol–water partition coefficient (Wildman–Crippen LogP) is 4.16.